The summed E-state index contributed by atoms with van der Waals surface area (Å²) in [5.41, 5.74) is 4.31. The molecule has 0 saturated heterocycles. The van der Waals surface area contributed by atoms with Gasteiger partial charge in [-0.1, -0.05) is 140 Å². The molecule has 0 spiro atoms. The second-order valence-electron chi connectivity index (χ2n) is 17.6. The largest absolute Gasteiger partial charge is 0.492 e. The molecule has 0 atom stereocenters. The molecule has 62 heavy (non-hydrogen) atoms. The Balaban J connectivity index is 1.18. The Kier molecular flexibility index (Phi) is 16.0. The third-order valence-corrected chi connectivity index (χ3v) is 13.0. The summed E-state index contributed by atoms with van der Waals surface area (Å²) in [7, 11) is 0. The van der Waals surface area contributed by atoms with E-state index in [0.717, 1.165) is 103 Å². The molecule has 2 heterocycles. The Morgan fingerprint density at radius 3 is 1.23 bits per heavy atom. The number of rotatable bonds is 18. The van der Waals surface area contributed by atoms with E-state index in [2.05, 4.69) is 37.5 Å². The maximum absolute atomic E-state index is 13.6. The van der Waals surface area contributed by atoms with Gasteiger partial charge in [0.2, 0.25) is 0 Å². The summed E-state index contributed by atoms with van der Waals surface area (Å²) in [6.45, 7) is 5.48. The molecule has 0 unspecified atom stereocenters. The minimum Gasteiger partial charge on any atom is -0.492 e. The predicted molar refractivity (Wildman–Crippen MR) is 244 cm³/mol. The van der Waals surface area contributed by atoms with Gasteiger partial charge in [0, 0.05) is 35.3 Å². The molecule has 2 saturated carbocycles. The second-order valence-corrected chi connectivity index (χ2v) is 17.6. The highest BCUT2D eigenvalue weighted by Crippen LogP contribution is 2.34. The molecule has 2 fully saturated rings. The molecule has 2 aliphatic carbocycles. The number of ether oxygens (including phenoxy) is 2. The summed E-state index contributed by atoms with van der Waals surface area (Å²) in [5, 5.41) is 0. The number of hydrogen-bond acceptors (Lipinski definition) is 6. The molecule has 4 amide bonds. The average Bonchev–Trinajstić information content (AvgIpc) is 3.70. The zero-order chi connectivity index (χ0) is 43.3. The molecule has 3 aromatic carbocycles. The zero-order valence-electron chi connectivity index (χ0n) is 37.1. The van der Waals surface area contributed by atoms with Crippen LogP contribution in [0.4, 0.5) is 0 Å². The molecule has 0 N–H and O–H groups in total. The van der Waals surface area contributed by atoms with Gasteiger partial charge in [-0.05, 0) is 74.9 Å². The first-order valence-corrected chi connectivity index (χ1v) is 23.9. The van der Waals surface area contributed by atoms with Crippen molar-refractivity contribution in [1.82, 2.24) is 9.80 Å². The van der Waals surface area contributed by atoms with Gasteiger partial charge in [-0.15, -0.1) is 0 Å². The van der Waals surface area contributed by atoms with Crippen molar-refractivity contribution < 1.29 is 28.7 Å². The molecule has 8 nitrogen and oxygen atoms in total. The van der Waals surface area contributed by atoms with Gasteiger partial charge in [-0.3, -0.25) is 29.0 Å². The van der Waals surface area contributed by atoms with Crippen LogP contribution in [0.5, 0.6) is 11.5 Å². The van der Waals surface area contributed by atoms with Crippen LogP contribution in [0.15, 0.2) is 48.5 Å². The summed E-state index contributed by atoms with van der Waals surface area (Å²) < 4.78 is 13.0. The van der Waals surface area contributed by atoms with Crippen molar-refractivity contribution in [2.75, 3.05) is 13.2 Å². The van der Waals surface area contributed by atoms with Gasteiger partial charge in [0.15, 0.2) is 0 Å². The van der Waals surface area contributed by atoms with Crippen LogP contribution in [-0.4, -0.2) is 58.7 Å². The Hall–Kier alpha value is -5.34. The average molecular weight is 837 g/mol. The zero-order valence-corrected chi connectivity index (χ0v) is 37.1. The highest BCUT2D eigenvalue weighted by molar-refractivity contribution is 6.22. The van der Waals surface area contributed by atoms with E-state index in [1.54, 1.807) is 24.3 Å². The van der Waals surface area contributed by atoms with Crippen LogP contribution in [-0.2, 0) is 0 Å². The monoisotopic (exact) mass is 836 g/mol. The Labute approximate surface area is 369 Å². The van der Waals surface area contributed by atoms with E-state index in [1.807, 2.05) is 24.3 Å². The van der Waals surface area contributed by atoms with Crippen molar-refractivity contribution in [2.45, 2.75) is 167 Å². The SMILES string of the molecule is CCCCCCCCOc1cc(C#Cc2ccc3c(c2)C(=O)N(C2CCCCC2)C3=O)c(OCCCCCCCC)cc1C#Cc1ccc2c(c1)C(=O)N(C1CCCCC1)C2=O. The molecular formula is C54H64N2O6. The highest BCUT2D eigenvalue weighted by atomic mass is 16.5. The van der Waals surface area contributed by atoms with Crippen LogP contribution >= 0.6 is 0 Å². The van der Waals surface area contributed by atoms with E-state index < -0.39 is 0 Å². The number of imide groups is 2. The number of carbonyl (C=O) groups excluding carboxylic acids is 4. The van der Waals surface area contributed by atoms with Gasteiger partial charge < -0.3 is 9.47 Å². The maximum atomic E-state index is 13.6. The van der Waals surface area contributed by atoms with Crippen molar-refractivity contribution in [3.63, 3.8) is 0 Å². The van der Waals surface area contributed by atoms with E-state index in [0.29, 0.717) is 69.2 Å². The highest BCUT2D eigenvalue weighted by Gasteiger charge is 2.41. The first kappa shape index (κ1) is 44.7. The fourth-order valence-corrected chi connectivity index (χ4v) is 9.42. The van der Waals surface area contributed by atoms with Gasteiger partial charge in [0.25, 0.3) is 23.6 Å². The smallest absolute Gasteiger partial charge is 0.261 e. The number of amides is 4. The summed E-state index contributed by atoms with van der Waals surface area (Å²) >= 11 is 0. The van der Waals surface area contributed by atoms with Crippen molar-refractivity contribution >= 4 is 23.6 Å². The predicted octanol–water partition coefficient (Wildman–Crippen LogP) is 11.8. The third kappa shape index (κ3) is 10.8. The molecule has 2 aliphatic heterocycles. The van der Waals surface area contributed by atoms with Crippen molar-refractivity contribution in [3.8, 4) is 35.2 Å². The Morgan fingerprint density at radius 2 is 0.823 bits per heavy atom. The number of fused-ring (bicyclic) bond motifs is 2. The van der Waals surface area contributed by atoms with Gasteiger partial charge in [-0.25, -0.2) is 0 Å². The van der Waals surface area contributed by atoms with E-state index in [4.69, 9.17) is 9.47 Å². The quantitative estimate of drug-likeness (QED) is 0.0720. The lowest BCUT2D eigenvalue weighted by Crippen LogP contribution is -2.40. The van der Waals surface area contributed by atoms with Gasteiger partial charge >= 0.3 is 0 Å². The van der Waals surface area contributed by atoms with Crippen LogP contribution in [0.2, 0.25) is 0 Å². The minimum absolute atomic E-state index is 0.0422. The normalized spacial score (nSPS) is 16.5. The second kappa shape index (κ2) is 22.1. The van der Waals surface area contributed by atoms with Crippen LogP contribution < -0.4 is 9.47 Å². The van der Waals surface area contributed by atoms with E-state index in [1.165, 1.54) is 48.3 Å². The molecule has 326 valence electrons. The van der Waals surface area contributed by atoms with Crippen molar-refractivity contribution in [1.29, 1.82) is 0 Å². The Morgan fingerprint density at radius 1 is 0.452 bits per heavy atom. The van der Waals surface area contributed by atoms with Crippen LogP contribution in [0, 0.1) is 23.7 Å². The first-order valence-electron chi connectivity index (χ1n) is 23.9. The van der Waals surface area contributed by atoms with Crippen LogP contribution in [0.1, 0.15) is 219 Å². The molecular weight excluding hydrogens is 773 g/mol. The summed E-state index contributed by atoms with van der Waals surface area (Å²) in [4.78, 5) is 56.9. The minimum atomic E-state index is -0.224. The molecule has 0 aromatic heterocycles. The van der Waals surface area contributed by atoms with Gasteiger partial charge in [0.05, 0.1) is 46.6 Å². The van der Waals surface area contributed by atoms with Crippen LogP contribution in [0.3, 0.4) is 0 Å². The first-order chi connectivity index (χ1) is 30.4. The van der Waals surface area contributed by atoms with Crippen molar-refractivity contribution in [2.24, 2.45) is 0 Å². The summed E-state index contributed by atoms with van der Waals surface area (Å²) in [6, 6.07) is 14.3. The topological polar surface area (TPSA) is 93.2 Å². The third-order valence-electron chi connectivity index (χ3n) is 13.0. The molecule has 3 aromatic rings. The molecule has 7 rings (SSSR count). The molecule has 0 bridgehead atoms. The number of carbonyl (C=O) groups is 4. The lowest BCUT2D eigenvalue weighted by Gasteiger charge is -2.29. The number of unbranched alkanes of at least 4 members (excludes halogenated alkanes) is 10. The van der Waals surface area contributed by atoms with Crippen molar-refractivity contribution in [3.05, 3.63) is 93.0 Å². The number of benzene rings is 3. The lowest BCUT2D eigenvalue weighted by molar-refractivity contribution is 0.0533. The number of nitrogens with zero attached hydrogens (tertiary/aromatic N) is 2. The van der Waals surface area contributed by atoms with E-state index in [9.17, 15) is 19.2 Å². The summed E-state index contributed by atoms with van der Waals surface area (Å²) in [6.07, 6.45) is 23.4. The fourth-order valence-electron chi connectivity index (χ4n) is 9.42. The molecule has 8 heteroatoms. The van der Waals surface area contributed by atoms with Gasteiger partial charge in [-0.2, -0.15) is 0 Å². The fraction of sp³-hybridized carbons (Fsp3) is 0.519. The van der Waals surface area contributed by atoms with Crippen LogP contribution in [0.25, 0.3) is 0 Å². The van der Waals surface area contributed by atoms with Gasteiger partial charge in [0.1, 0.15) is 11.5 Å². The summed E-state index contributed by atoms with van der Waals surface area (Å²) in [5.74, 6) is 13.6. The molecule has 4 aliphatic rings. The standard InChI is InChI=1S/C54H64N2O6/c1-3-5-7-9-11-19-33-61-49-37-42(30-26-40-28-32-46-48(36-40)54(60)56(52(46)58)44-23-17-14-18-24-44)50(62-34-20-12-10-8-6-4-2)38-41(49)29-25-39-27-31-45-47(35-39)53(59)55(51(45)57)43-21-15-13-16-22-43/h27-28,31-32,35-38,43-44H,3-24,33-34H2,1-2H3. The van der Waals surface area contributed by atoms with E-state index >= 15 is 0 Å². The lowest BCUT2D eigenvalue weighted by atomic mass is 9.94. The maximum Gasteiger partial charge on any atom is 0.261 e. The number of hydrogen-bond donors (Lipinski definition) is 0. The molecule has 0 radical (unpaired) electrons. The Bertz CT molecular complexity index is 2070. The van der Waals surface area contributed by atoms with E-state index in [-0.39, 0.29) is 35.7 Å².